The van der Waals surface area contributed by atoms with Crippen molar-refractivity contribution < 1.29 is 4.74 Å². The van der Waals surface area contributed by atoms with Crippen LogP contribution in [0.2, 0.25) is 0 Å². The van der Waals surface area contributed by atoms with E-state index < -0.39 is 0 Å². The molecule has 2 N–H and O–H groups in total. The van der Waals surface area contributed by atoms with E-state index in [0.29, 0.717) is 12.5 Å². The van der Waals surface area contributed by atoms with Crippen LogP contribution in [-0.2, 0) is 4.74 Å². The monoisotopic (exact) mass is 251 g/mol. The third-order valence-electron chi connectivity index (χ3n) is 2.88. The second kappa shape index (κ2) is 8.19. The normalized spacial score (nSPS) is 13.2. The van der Waals surface area contributed by atoms with E-state index in [9.17, 15) is 0 Å². The standard InChI is InChI=1S/C14H25N3O/c1-12(2)11-17(8-9-18-3)14(10-15)13-6-4-5-7-16-13/h4-7,12,14H,8-11,15H2,1-3H3. The summed E-state index contributed by atoms with van der Waals surface area (Å²) in [5.41, 5.74) is 6.97. The Labute approximate surface area is 110 Å². The number of rotatable bonds is 8. The summed E-state index contributed by atoms with van der Waals surface area (Å²) < 4.78 is 5.18. The zero-order valence-electron chi connectivity index (χ0n) is 11.7. The fourth-order valence-corrected chi connectivity index (χ4v) is 2.08. The van der Waals surface area contributed by atoms with Crippen LogP contribution in [0, 0.1) is 5.92 Å². The molecule has 102 valence electrons. The van der Waals surface area contributed by atoms with Gasteiger partial charge in [-0.3, -0.25) is 9.88 Å². The van der Waals surface area contributed by atoms with Gasteiger partial charge < -0.3 is 10.5 Å². The van der Waals surface area contributed by atoms with E-state index >= 15 is 0 Å². The van der Waals surface area contributed by atoms with E-state index in [1.165, 1.54) is 0 Å². The molecule has 1 atom stereocenters. The number of aromatic nitrogens is 1. The van der Waals surface area contributed by atoms with Gasteiger partial charge in [-0.25, -0.2) is 0 Å². The van der Waals surface area contributed by atoms with E-state index in [1.807, 2.05) is 24.4 Å². The Kier molecular flexibility index (Phi) is 6.86. The summed E-state index contributed by atoms with van der Waals surface area (Å²) in [5.74, 6) is 0.597. The van der Waals surface area contributed by atoms with Gasteiger partial charge in [0.2, 0.25) is 0 Å². The van der Waals surface area contributed by atoms with Gasteiger partial charge in [0, 0.05) is 32.9 Å². The maximum Gasteiger partial charge on any atom is 0.0645 e. The quantitative estimate of drug-likeness (QED) is 0.764. The highest BCUT2D eigenvalue weighted by Crippen LogP contribution is 2.18. The number of pyridine rings is 1. The van der Waals surface area contributed by atoms with E-state index in [2.05, 4.69) is 23.7 Å². The molecule has 18 heavy (non-hydrogen) atoms. The fraction of sp³-hybridized carbons (Fsp3) is 0.643. The number of hydrogen-bond acceptors (Lipinski definition) is 4. The summed E-state index contributed by atoms with van der Waals surface area (Å²) >= 11 is 0. The lowest BCUT2D eigenvalue weighted by atomic mass is 10.1. The predicted octanol–water partition coefficient (Wildman–Crippen LogP) is 1.69. The minimum absolute atomic E-state index is 0.170. The molecule has 1 aromatic rings. The van der Waals surface area contributed by atoms with Crippen LogP contribution in [0.4, 0.5) is 0 Å². The van der Waals surface area contributed by atoms with Gasteiger partial charge in [-0.05, 0) is 18.1 Å². The Balaban J connectivity index is 2.79. The van der Waals surface area contributed by atoms with Crippen molar-refractivity contribution in [3.8, 4) is 0 Å². The van der Waals surface area contributed by atoms with Crippen molar-refractivity contribution in [2.24, 2.45) is 11.7 Å². The van der Waals surface area contributed by atoms with Gasteiger partial charge >= 0.3 is 0 Å². The molecule has 0 fully saturated rings. The number of methoxy groups -OCH3 is 1. The molecule has 0 aliphatic heterocycles. The molecule has 0 saturated carbocycles. The lowest BCUT2D eigenvalue weighted by Gasteiger charge is -2.31. The Morgan fingerprint density at radius 1 is 1.39 bits per heavy atom. The van der Waals surface area contributed by atoms with E-state index in [1.54, 1.807) is 7.11 Å². The molecule has 4 nitrogen and oxygen atoms in total. The minimum Gasteiger partial charge on any atom is -0.383 e. The molecule has 0 spiro atoms. The second-order valence-corrected chi connectivity index (χ2v) is 4.89. The van der Waals surface area contributed by atoms with Gasteiger partial charge in [0.05, 0.1) is 18.3 Å². The van der Waals surface area contributed by atoms with E-state index in [0.717, 1.165) is 25.4 Å². The van der Waals surface area contributed by atoms with Gasteiger partial charge in [-0.1, -0.05) is 19.9 Å². The maximum absolute atomic E-state index is 5.93. The highest BCUT2D eigenvalue weighted by molar-refractivity contribution is 5.09. The lowest BCUT2D eigenvalue weighted by Crippen LogP contribution is -2.38. The van der Waals surface area contributed by atoms with Crippen molar-refractivity contribution in [1.82, 2.24) is 9.88 Å². The zero-order valence-corrected chi connectivity index (χ0v) is 11.7. The molecule has 4 heteroatoms. The highest BCUT2D eigenvalue weighted by atomic mass is 16.5. The average molecular weight is 251 g/mol. The first-order valence-electron chi connectivity index (χ1n) is 6.53. The van der Waals surface area contributed by atoms with Gasteiger partial charge in [0.25, 0.3) is 0 Å². The van der Waals surface area contributed by atoms with E-state index in [4.69, 9.17) is 10.5 Å². The summed E-state index contributed by atoms with van der Waals surface area (Å²) in [6, 6.07) is 6.15. The van der Waals surface area contributed by atoms with Crippen LogP contribution in [0.15, 0.2) is 24.4 Å². The first-order valence-corrected chi connectivity index (χ1v) is 6.53. The fourth-order valence-electron chi connectivity index (χ4n) is 2.08. The van der Waals surface area contributed by atoms with Crippen LogP contribution in [-0.4, -0.2) is 43.2 Å². The molecule has 0 radical (unpaired) electrons. The number of ether oxygens (including phenoxy) is 1. The van der Waals surface area contributed by atoms with Crippen LogP contribution < -0.4 is 5.73 Å². The van der Waals surface area contributed by atoms with Gasteiger partial charge in [0.1, 0.15) is 0 Å². The van der Waals surface area contributed by atoms with Crippen molar-refractivity contribution in [3.05, 3.63) is 30.1 Å². The number of hydrogen-bond donors (Lipinski definition) is 1. The SMILES string of the molecule is COCCN(CC(C)C)C(CN)c1ccccn1. The Bertz CT molecular complexity index is 316. The Morgan fingerprint density at radius 3 is 2.67 bits per heavy atom. The first kappa shape index (κ1) is 15.1. The van der Waals surface area contributed by atoms with Gasteiger partial charge in [-0.2, -0.15) is 0 Å². The van der Waals surface area contributed by atoms with Crippen LogP contribution in [0.25, 0.3) is 0 Å². The molecule has 1 unspecified atom stereocenters. The molecule has 0 saturated heterocycles. The molecule has 0 aliphatic carbocycles. The smallest absolute Gasteiger partial charge is 0.0645 e. The Hall–Kier alpha value is -0.970. The van der Waals surface area contributed by atoms with E-state index in [-0.39, 0.29) is 6.04 Å². The number of nitrogens with zero attached hydrogens (tertiary/aromatic N) is 2. The molecule has 0 aliphatic rings. The molecule has 0 aromatic carbocycles. The van der Waals surface area contributed by atoms with Crippen molar-refractivity contribution >= 4 is 0 Å². The highest BCUT2D eigenvalue weighted by Gasteiger charge is 2.20. The molecular formula is C14H25N3O. The predicted molar refractivity (Wildman–Crippen MR) is 74.3 cm³/mol. The summed E-state index contributed by atoms with van der Waals surface area (Å²) in [7, 11) is 1.73. The van der Waals surface area contributed by atoms with Crippen LogP contribution in [0.3, 0.4) is 0 Å². The molecule has 1 rings (SSSR count). The van der Waals surface area contributed by atoms with Gasteiger partial charge in [0.15, 0.2) is 0 Å². The van der Waals surface area contributed by atoms with Crippen LogP contribution in [0.5, 0.6) is 0 Å². The van der Waals surface area contributed by atoms with Crippen molar-refractivity contribution in [2.45, 2.75) is 19.9 Å². The van der Waals surface area contributed by atoms with Crippen molar-refractivity contribution in [1.29, 1.82) is 0 Å². The lowest BCUT2D eigenvalue weighted by molar-refractivity contribution is 0.110. The molecular weight excluding hydrogens is 226 g/mol. The van der Waals surface area contributed by atoms with Crippen LogP contribution >= 0.6 is 0 Å². The average Bonchev–Trinajstić information content (AvgIpc) is 2.37. The van der Waals surface area contributed by atoms with Gasteiger partial charge in [-0.15, -0.1) is 0 Å². The first-order chi connectivity index (χ1) is 8.69. The summed E-state index contributed by atoms with van der Waals surface area (Å²) in [6.07, 6.45) is 1.82. The number of nitrogens with two attached hydrogens (primary N) is 1. The van der Waals surface area contributed by atoms with Crippen LogP contribution in [0.1, 0.15) is 25.6 Å². The second-order valence-electron chi connectivity index (χ2n) is 4.89. The third-order valence-corrected chi connectivity index (χ3v) is 2.88. The third kappa shape index (κ3) is 4.72. The largest absolute Gasteiger partial charge is 0.383 e. The Morgan fingerprint density at radius 2 is 2.17 bits per heavy atom. The molecule has 1 heterocycles. The van der Waals surface area contributed by atoms with Crippen molar-refractivity contribution in [2.75, 3.05) is 33.4 Å². The topological polar surface area (TPSA) is 51.4 Å². The summed E-state index contributed by atoms with van der Waals surface area (Å²) in [4.78, 5) is 6.78. The molecule has 0 bridgehead atoms. The zero-order chi connectivity index (χ0) is 13.4. The summed E-state index contributed by atoms with van der Waals surface area (Å²) in [5, 5.41) is 0. The maximum atomic E-state index is 5.93. The summed E-state index contributed by atoms with van der Waals surface area (Å²) in [6.45, 7) is 7.61. The molecule has 0 amide bonds. The van der Waals surface area contributed by atoms with Crippen molar-refractivity contribution in [3.63, 3.8) is 0 Å². The minimum atomic E-state index is 0.170. The molecule has 1 aromatic heterocycles.